The van der Waals surface area contributed by atoms with Crippen molar-refractivity contribution in [1.29, 1.82) is 0 Å². The largest absolute Gasteiger partial charge is 0.465 e. The Morgan fingerprint density at radius 3 is 2.76 bits per heavy atom. The van der Waals surface area contributed by atoms with Gasteiger partial charge in [0.2, 0.25) is 0 Å². The second kappa shape index (κ2) is 6.52. The third-order valence-electron chi connectivity index (χ3n) is 5.31. The predicted octanol–water partition coefficient (Wildman–Crippen LogP) is 4.42. The number of anilines is 1. The molecule has 0 radical (unpaired) electrons. The molecule has 4 nitrogen and oxygen atoms in total. The normalized spacial score (nSPS) is 24.6. The average molecular weight is 337 g/mol. The molecule has 130 valence electrons. The molecule has 0 aliphatic carbocycles. The predicted molar refractivity (Wildman–Crippen MR) is 96.7 cm³/mol. The van der Waals surface area contributed by atoms with Crippen molar-refractivity contribution < 1.29 is 14.3 Å². The molecular weight excluding hydrogens is 314 g/mol. The Balaban J connectivity index is 1.69. The van der Waals surface area contributed by atoms with Crippen molar-refractivity contribution in [3.8, 4) is 0 Å². The van der Waals surface area contributed by atoms with Gasteiger partial charge >= 0.3 is 5.97 Å². The van der Waals surface area contributed by atoms with E-state index in [0.29, 0.717) is 11.5 Å². The SMILES string of the molecule is COC(=O)c1ccc([C@@H]2Nc3ccc(C)cc3C3OCCCC32)cc1. The van der Waals surface area contributed by atoms with Gasteiger partial charge in [-0.15, -0.1) is 0 Å². The van der Waals surface area contributed by atoms with Crippen LogP contribution in [0, 0.1) is 12.8 Å². The maximum atomic E-state index is 11.7. The standard InChI is InChI=1S/C21H23NO3/c1-13-5-10-18-17(12-13)20-16(4-3-11-25-20)19(22-18)14-6-8-15(9-7-14)21(23)24-2/h5-10,12,16,19-20,22H,3-4,11H2,1-2H3/t16?,19-,20?/m0/s1. The first-order valence-electron chi connectivity index (χ1n) is 8.84. The number of esters is 1. The molecule has 1 fully saturated rings. The molecule has 0 aromatic heterocycles. The summed E-state index contributed by atoms with van der Waals surface area (Å²) in [6, 6.07) is 14.4. The highest BCUT2D eigenvalue weighted by molar-refractivity contribution is 5.89. The minimum Gasteiger partial charge on any atom is -0.465 e. The van der Waals surface area contributed by atoms with Crippen molar-refractivity contribution in [1.82, 2.24) is 0 Å². The Hall–Kier alpha value is -2.33. The van der Waals surface area contributed by atoms with Crippen LogP contribution in [0.25, 0.3) is 0 Å². The summed E-state index contributed by atoms with van der Waals surface area (Å²) in [6.45, 7) is 2.94. The fourth-order valence-corrected chi connectivity index (χ4v) is 4.06. The monoisotopic (exact) mass is 337 g/mol. The van der Waals surface area contributed by atoms with Crippen molar-refractivity contribution in [3.05, 3.63) is 64.7 Å². The lowest BCUT2D eigenvalue weighted by Crippen LogP contribution is -2.36. The number of aryl methyl sites for hydroxylation is 1. The van der Waals surface area contributed by atoms with Crippen LogP contribution in [0.4, 0.5) is 5.69 Å². The van der Waals surface area contributed by atoms with Gasteiger partial charge in [0, 0.05) is 23.8 Å². The summed E-state index contributed by atoms with van der Waals surface area (Å²) in [4.78, 5) is 11.7. The third kappa shape index (κ3) is 2.91. The van der Waals surface area contributed by atoms with Gasteiger partial charge in [0.15, 0.2) is 0 Å². The maximum Gasteiger partial charge on any atom is 0.337 e. The van der Waals surface area contributed by atoms with E-state index in [4.69, 9.17) is 9.47 Å². The Morgan fingerprint density at radius 2 is 2.00 bits per heavy atom. The van der Waals surface area contributed by atoms with E-state index in [1.54, 1.807) is 0 Å². The second-order valence-electron chi connectivity index (χ2n) is 6.92. The summed E-state index contributed by atoms with van der Waals surface area (Å²) in [7, 11) is 1.40. The number of benzene rings is 2. The first-order chi connectivity index (χ1) is 12.2. The number of carbonyl (C=O) groups is 1. The number of carbonyl (C=O) groups excluding carboxylic acids is 1. The molecule has 0 spiro atoms. The van der Waals surface area contributed by atoms with Crippen LogP contribution in [0.1, 0.15) is 52.0 Å². The molecule has 4 heteroatoms. The van der Waals surface area contributed by atoms with Gasteiger partial charge in [-0.3, -0.25) is 0 Å². The highest BCUT2D eigenvalue weighted by Gasteiger charge is 2.39. The van der Waals surface area contributed by atoms with E-state index in [0.717, 1.165) is 25.1 Å². The molecule has 1 N–H and O–H groups in total. The van der Waals surface area contributed by atoms with Gasteiger partial charge in [-0.1, -0.05) is 29.8 Å². The Morgan fingerprint density at radius 1 is 1.20 bits per heavy atom. The van der Waals surface area contributed by atoms with Crippen molar-refractivity contribution in [2.45, 2.75) is 31.9 Å². The fourth-order valence-electron chi connectivity index (χ4n) is 4.06. The van der Waals surface area contributed by atoms with Crippen molar-refractivity contribution in [3.63, 3.8) is 0 Å². The van der Waals surface area contributed by atoms with Gasteiger partial charge < -0.3 is 14.8 Å². The number of rotatable bonds is 2. The Labute approximate surface area is 148 Å². The van der Waals surface area contributed by atoms with E-state index in [1.807, 2.05) is 24.3 Å². The van der Waals surface area contributed by atoms with Gasteiger partial charge in [-0.25, -0.2) is 4.79 Å². The Bertz CT molecular complexity index is 784. The smallest absolute Gasteiger partial charge is 0.337 e. The van der Waals surface area contributed by atoms with Crippen molar-refractivity contribution >= 4 is 11.7 Å². The molecule has 2 aliphatic heterocycles. The van der Waals surface area contributed by atoms with Crippen molar-refractivity contribution in [2.24, 2.45) is 5.92 Å². The summed E-state index contributed by atoms with van der Waals surface area (Å²) in [6.07, 6.45) is 2.35. The summed E-state index contributed by atoms with van der Waals surface area (Å²) in [5.74, 6) is 0.0925. The molecule has 25 heavy (non-hydrogen) atoms. The maximum absolute atomic E-state index is 11.7. The number of nitrogens with one attached hydrogen (secondary N) is 1. The number of hydrogen-bond acceptors (Lipinski definition) is 4. The zero-order chi connectivity index (χ0) is 17.4. The molecule has 2 unspecified atom stereocenters. The van der Waals surface area contributed by atoms with E-state index >= 15 is 0 Å². The molecule has 1 saturated heterocycles. The van der Waals surface area contributed by atoms with Crippen LogP contribution in [0.3, 0.4) is 0 Å². The quantitative estimate of drug-likeness (QED) is 0.824. The number of methoxy groups -OCH3 is 1. The van der Waals surface area contributed by atoms with Gasteiger partial charge in [0.05, 0.1) is 24.8 Å². The lowest BCUT2D eigenvalue weighted by molar-refractivity contribution is -0.0381. The lowest BCUT2D eigenvalue weighted by atomic mass is 9.77. The minimum atomic E-state index is -0.303. The Kier molecular flexibility index (Phi) is 4.22. The molecule has 2 aliphatic rings. The van der Waals surface area contributed by atoms with E-state index in [9.17, 15) is 4.79 Å². The molecule has 4 rings (SSSR count). The molecule has 0 saturated carbocycles. The van der Waals surface area contributed by atoms with Crippen LogP contribution < -0.4 is 5.32 Å². The lowest BCUT2D eigenvalue weighted by Gasteiger charge is -2.43. The first kappa shape index (κ1) is 16.2. The minimum absolute atomic E-state index is 0.134. The van der Waals surface area contributed by atoms with Crippen LogP contribution in [0.15, 0.2) is 42.5 Å². The first-order valence-corrected chi connectivity index (χ1v) is 8.84. The summed E-state index contributed by atoms with van der Waals surface area (Å²) < 4.78 is 11.0. The molecule has 2 aromatic rings. The zero-order valence-corrected chi connectivity index (χ0v) is 14.6. The van der Waals surface area contributed by atoms with Crippen LogP contribution in [0.2, 0.25) is 0 Å². The van der Waals surface area contributed by atoms with E-state index in [-0.39, 0.29) is 18.1 Å². The third-order valence-corrected chi connectivity index (χ3v) is 5.31. The van der Waals surface area contributed by atoms with Gasteiger partial charge in [0.25, 0.3) is 0 Å². The number of fused-ring (bicyclic) bond motifs is 3. The summed E-state index contributed by atoms with van der Waals surface area (Å²) >= 11 is 0. The average Bonchev–Trinajstić information content (AvgIpc) is 2.67. The zero-order valence-electron chi connectivity index (χ0n) is 14.6. The van der Waals surface area contributed by atoms with E-state index < -0.39 is 0 Å². The van der Waals surface area contributed by atoms with Gasteiger partial charge in [-0.2, -0.15) is 0 Å². The van der Waals surface area contributed by atoms with E-state index in [1.165, 1.54) is 23.8 Å². The van der Waals surface area contributed by atoms with Gasteiger partial charge in [-0.05, 0) is 43.5 Å². The van der Waals surface area contributed by atoms with Crippen LogP contribution in [-0.2, 0) is 9.47 Å². The molecule has 2 heterocycles. The topological polar surface area (TPSA) is 47.6 Å². The molecule has 0 amide bonds. The molecule has 3 atom stereocenters. The summed E-state index contributed by atoms with van der Waals surface area (Å²) in [5, 5.41) is 3.71. The van der Waals surface area contributed by atoms with Gasteiger partial charge in [0.1, 0.15) is 0 Å². The second-order valence-corrected chi connectivity index (χ2v) is 6.92. The highest BCUT2D eigenvalue weighted by Crippen LogP contribution is 2.49. The van der Waals surface area contributed by atoms with Crippen LogP contribution >= 0.6 is 0 Å². The van der Waals surface area contributed by atoms with Crippen molar-refractivity contribution in [2.75, 3.05) is 19.0 Å². The van der Waals surface area contributed by atoms with E-state index in [2.05, 4.69) is 30.4 Å². The summed E-state index contributed by atoms with van der Waals surface area (Å²) in [5.41, 5.74) is 5.44. The molecular formula is C21H23NO3. The molecule has 0 bridgehead atoms. The number of ether oxygens (including phenoxy) is 2. The van der Waals surface area contributed by atoms with Crippen LogP contribution in [-0.4, -0.2) is 19.7 Å². The highest BCUT2D eigenvalue weighted by atomic mass is 16.5. The molecule has 2 aromatic carbocycles. The van der Waals surface area contributed by atoms with Crippen LogP contribution in [0.5, 0.6) is 0 Å². The fraction of sp³-hybridized carbons (Fsp3) is 0.381. The number of hydrogen-bond donors (Lipinski definition) is 1.